The SMILES string of the molecule is NC(=O)COc1ccccc1/C=C1/SC(=O)N(CC(=O)Nc2cccc3ccccc23)C1=O. The zero-order valence-electron chi connectivity index (χ0n) is 17.3. The molecule has 3 N–H and O–H groups in total. The number of ether oxygens (including phenoxy) is 1. The summed E-state index contributed by atoms with van der Waals surface area (Å²) in [6.07, 6.45) is 1.49. The van der Waals surface area contributed by atoms with Gasteiger partial charge in [-0.25, -0.2) is 0 Å². The third-order valence-corrected chi connectivity index (χ3v) is 5.72. The van der Waals surface area contributed by atoms with Crippen LogP contribution in [0.5, 0.6) is 5.75 Å². The second-order valence-corrected chi connectivity index (χ2v) is 8.13. The number of hydrogen-bond donors (Lipinski definition) is 2. The van der Waals surface area contributed by atoms with Gasteiger partial charge in [0.25, 0.3) is 17.1 Å². The van der Waals surface area contributed by atoms with Gasteiger partial charge >= 0.3 is 0 Å². The smallest absolute Gasteiger partial charge is 0.294 e. The number of fused-ring (bicyclic) bond motifs is 1. The maximum atomic E-state index is 12.8. The monoisotopic (exact) mass is 461 g/mol. The highest BCUT2D eigenvalue weighted by atomic mass is 32.2. The number of amides is 4. The van der Waals surface area contributed by atoms with Crippen molar-refractivity contribution in [2.24, 2.45) is 5.73 Å². The highest BCUT2D eigenvalue weighted by molar-refractivity contribution is 8.18. The molecule has 0 spiro atoms. The number of carbonyl (C=O) groups excluding carboxylic acids is 4. The lowest BCUT2D eigenvalue weighted by molar-refractivity contribution is -0.127. The van der Waals surface area contributed by atoms with Crippen LogP contribution in [0.1, 0.15) is 5.56 Å². The van der Waals surface area contributed by atoms with Crippen molar-refractivity contribution in [1.82, 2.24) is 4.90 Å². The number of rotatable bonds is 7. The van der Waals surface area contributed by atoms with E-state index in [1.54, 1.807) is 30.3 Å². The zero-order valence-corrected chi connectivity index (χ0v) is 18.1. The lowest BCUT2D eigenvalue weighted by atomic mass is 10.1. The fourth-order valence-corrected chi connectivity index (χ4v) is 4.15. The molecule has 0 radical (unpaired) electrons. The Morgan fingerprint density at radius 2 is 1.73 bits per heavy atom. The summed E-state index contributed by atoms with van der Waals surface area (Å²) in [7, 11) is 0. The first kappa shape index (κ1) is 22.1. The van der Waals surface area contributed by atoms with Crippen molar-refractivity contribution in [3.8, 4) is 5.75 Å². The van der Waals surface area contributed by atoms with E-state index >= 15 is 0 Å². The van der Waals surface area contributed by atoms with Crippen LogP contribution in [0.2, 0.25) is 0 Å². The summed E-state index contributed by atoms with van der Waals surface area (Å²) in [6, 6.07) is 19.8. The number of benzene rings is 3. The Bertz CT molecular complexity index is 1300. The van der Waals surface area contributed by atoms with Gasteiger partial charge in [-0.1, -0.05) is 54.6 Å². The van der Waals surface area contributed by atoms with Crippen molar-refractivity contribution in [1.29, 1.82) is 0 Å². The van der Waals surface area contributed by atoms with Gasteiger partial charge in [-0.15, -0.1) is 0 Å². The van der Waals surface area contributed by atoms with Gasteiger partial charge < -0.3 is 15.8 Å². The fourth-order valence-electron chi connectivity index (χ4n) is 3.33. The summed E-state index contributed by atoms with van der Waals surface area (Å²) >= 11 is 0.732. The van der Waals surface area contributed by atoms with Gasteiger partial charge in [0.05, 0.1) is 4.91 Å². The summed E-state index contributed by atoms with van der Waals surface area (Å²) in [5, 5.41) is 4.05. The minimum Gasteiger partial charge on any atom is -0.483 e. The predicted octanol–water partition coefficient (Wildman–Crippen LogP) is 3.38. The number of para-hydroxylation sites is 1. The van der Waals surface area contributed by atoms with E-state index in [9.17, 15) is 19.2 Å². The van der Waals surface area contributed by atoms with Crippen molar-refractivity contribution >= 4 is 57.3 Å². The summed E-state index contributed by atoms with van der Waals surface area (Å²) < 4.78 is 5.36. The fraction of sp³-hybridized carbons (Fsp3) is 0.0833. The second kappa shape index (κ2) is 9.58. The van der Waals surface area contributed by atoms with Gasteiger partial charge in [0.1, 0.15) is 12.3 Å². The highest BCUT2D eigenvalue weighted by Gasteiger charge is 2.36. The van der Waals surface area contributed by atoms with Crippen molar-refractivity contribution in [3.05, 3.63) is 77.2 Å². The number of nitrogens with zero attached hydrogens (tertiary/aromatic N) is 1. The summed E-state index contributed by atoms with van der Waals surface area (Å²) in [4.78, 5) is 49.9. The predicted molar refractivity (Wildman–Crippen MR) is 126 cm³/mol. The first-order valence-corrected chi connectivity index (χ1v) is 10.8. The average Bonchev–Trinajstić information content (AvgIpc) is 3.06. The van der Waals surface area contributed by atoms with E-state index in [-0.39, 0.29) is 11.5 Å². The van der Waals surface area contributed by atoms with Crippen LogP contribution in [0.25, 0.3) is 16.8 Å². The van der Waals surface area contributed by atoms with E-state index in [4.69, 9.17) is 10.5 Å². The number of nitrogens with one attached hydrogen (secondary N) is 1. The topological polar surface area (TPSA) is 119 Å². The largest absolute Gasteiger partial charge is 0.483 e. The van der Waals surface area contributed by atoms with E-state index in [1.807, 2.05) is 36.4 Å². The minimum atomic E-state index is -0.637. The van der Waals surface area contributed by atoms with Gasteiger partial charge in [-0.05, 0) is 35.4 Å². The molecule has 4 amide bonds. The van der Waals surface area contributed by atoms with E-state index in [2.05, 4.69) is 5.32 Å². The zero-order chi connectivity index (χ0) is 23.4. The van der Waals surface area contributed by atoms with Crippen molar-refractivity contribution in [3.63, 3.8) is 0 Å². The van der Waals surface area contributed by atoms with Crippen LogP contribution in [0.15, 0.2) is 71.6 Å². The van der Waals surface area contributed by atoms with Crippen LogP contribution >= 0.6 is 11.8 Å². The molecule has 3 aromatic rings. The molecule has 1 aliphatic rings. The van der Waals surface area contributed by atoms with Gasteiger partial charge in [0, 0.05) is 16.6 Å². The molecule has 1 fully saturated rings. The van der Waals surface area contributed by atoms with E-state index in [0.717, 1.165) is 27.4 Å². The van der Waals surface area contributed by atoms with Crippen LogP contribution in [-0.2, 0) is 14.4 Å². The van der Waals surface area contributed by atoms with Gasteiger partial charge in [-0.2, -0.15) is 0 Å². The van der Waals surface area contributed by atoms with Crippen LogP contribution in [0.4, 0.5) is 10.5 Å². The van der Waals surface area contributed by atoms with Crippen molar-refractivity contribution in [2.75, 3.05) is 18.5 Å². The molecular formula is C24H19N3O5S. The summed E-state index contributed by atoms with van der Waals surface area (Å²) in [5.41, 5.74) is 6.22. The number of primary amides is 1. The Balaban J connectivity index is 1.49. The van der Waals surface area contributed by atoms with Crippen LogP contribution in [-0.4, -0.2) is 41.0 Å². The Morgan fingerprint density at radius 1 is 1.00 bits per heavy atom. The minimum absolute atomic E-state index is 0.146. The van der Waals surface area contributed by atoms with E-state index < -0.39 is 29.5 Å². The quantitative estimate of drug-likeness (QED) is 0.521. The number of anilines is 1. The Kier molecular flexibility index (Phi) is 6.41. The number of thioether (sulfide) groups is 1. The lowest BCUT2D eigenvalue weighted by Gasteiger charge is -2.13. The Hall–Kier alpha value is -4.11. The summed E-state index contributed by atoms with van der Waals surface area (Å²) in [6.45, 7) is -0.730. The standard InChI is InChI=1S/C24H19N3O5S/c25-21(28)14-32-19-11-4-2-7-16(19)12-20-23(30)27(24(31)33-20)13-22(29)26-18-10-5-8-15-6-1-3-9-17(15)18/h1-12H,13-14H2,(H2,25,28)(H,26,29)/b20-12+. The van der Waals surface area contributed by atoms with E-state index in [0.29, 0.717) is 17.0 Å². The molecule has 33 heavy (non-hydrogen) atoms. The molecule has 1 saturated heterocycles. The molecule has 1 aliphatic heterocycles. The van der Waals surface area contributed by atoms with E-state index in [1.165, 1.54) is 6.08 Å². The van der Waals surface area contributed by atoms with Crippen molar-refractivity contribution in [2.45, 2.75) is 0 Å². The maximum Gasteiger partial charge on any atom is 0.294 e. The van der Waals surface area contributed by atoms with Gasteiger partial charge in [0.15, 0.2) is 6.61 Å². The average molecular weight is 461 g/mol. The normalized spacial score (nSPS) is 14.7. The number of hydrogen-bond acceptors (Lipinski definition) is 6. The third kappa shape index (κ3) is 5.04. The molecule has 166 valence electrons. The molecule has 0 saturated carbocycles. The summed E-state index contributed by atoms with van der Waals surface area (Å²) in [5.74, 6) is -1.36. The molecule has 3 aromatic carbocycles. The van der Waals surface area contributed by atoms with Crippen LogP contribution < -0.4 is 15.8 Å². The number of carbonyl (C=O) groups is 4. The Morgan fingerprint density at radius 3 is 2.55 bits per heavy atom. The molecule has 8 nitrogen and oxygen atoms in total. The molecular weight excluding hydrogens is 442 g/mol. The molecule has 0 atom stereocenters. The third-order valence-electron chi connectivity index (χ3n) is 4.81. The molecule has 0 unspecified atom stereocenters. The first-order valence-electron chi connectivity index (χ1n) is 9.95. The molecule has 1 heterocycles. The number of nitrogens with two attached hydrogens (primary N) is 1. The number of imide groups is 1. The Labute approximate surface area is 193 Å². The van der Waals surface area contributed by atoms with Gasteiger partial charge in [-0.3, -0.25) is 24.1 Å². The van der Waals surface area contributed by atoms with Crippen LogP contribution in [0.3, 0.4) is 0 Å². The lowest BCUT2D eigenvalue weighted by Crippen LogP contribution is -2.36. The second-order valence-electron chi connectivity index (χ2n) is 7.14. The molecule has 0 bridgehead atoms. The van der Waals surface area contributed by atoms with Crippen LogP contribution in [0, 0.1) is 0 Å². The molecule has 0 aromatic heterocycles. The molecule has 4 rings (SSSR count). The van der Waals surface area contributed by atoms with Gasteiger partial charge in [0.2, 0.25) is 5.91 Å². The maximum absolute atomic E-state index is 12.8. The first-order chi connectivity index (χ1) is 15.9. The molecule has 0 aliphatic carbocycles. The molecule has 9 heteroatoms. The highest BCUT2D eigenvalue weighted by Crippen LogP contribution is 2.34. The van der Waals surface area contributed by atoms with Crippen molar-refractivity contribution < 1.29 is 23.9 Å².